The van der Waals surface area contributed by atoms with E-state index in [1.165, 1.54) is 0 Å². The molecule has 5 heteroatoms. The fraction of sp³-hybridized carbons (Fsp3) is 0. The van der Waals surface area contributed by atoms with Gasteiger partial charge in [0.2, 0.25) is 0 Å². The summed E-state index contributed by atoms with van der Waals surface area (Å²) in [5, 5.41) is 4.76. The van der Waals surface area contributed by atoms with Crippen molar-refractivity contribution in [1.82, 2.24) is 19.7 Å². The summed E-state index contributed by atoms with van der Waals surface area (Å²) in [6.07, 6.45) is 5.20. The maximum absolute atomic E-state index is 5.87. The molecule has 2 heterocycles. The second-order valence-electron chi connectivity index (χ2n) is 3.31. The number of benzene rings is 1. The van der Waals surface area contributed by atoms with Crippen molar-refractivity contribution in [2.24, 2.45) is 0 Å². The van der Waals surface area contributed by atoms with Gasteiger partial charge in [-0.2, -0.15) is 5.10 Å². The molecule has 0 N–H and O–H groups in total. The number of rotatable bonds is 1. The highest BCUT2D eigenvalue weighted by Crippen LogP contribution is 2.16. The zero-order valence-corrected chi connectivity index (χ0v) is 8.96. The maximum atomic E-state index is 5.87. The lowest BCUT2D eigenvalue weighted by Gasteiger charge is -2.02. The standard InChI is InChI=1S/C11H7ClN4/c12-8-2-3-9-10(6-8)13-7-11(15-9)16-5-1-4-14-16/h1-7H. The molecule has 16 heavy (non-hydrogen) atoms. The van der Waals surface area contributed by atoms with Crippen LogP contribution < -0.4 is 0 Å². The van der Waals surface area contributed by atoms with Crippen molar-refractivity contribution >= 4 is 22.6 Å². The molecule has 3 aromatic rings. The highest BCUT2D eigenvalue weighted by Gasteiger charge is 2.02. The van der Waals surface area contributed by atoms with Gasteiger partial charge in [0.05, 0.1) is 17.2 Å². The third-order valence-electron chi connectivity index (χ3n) is 2.23. The molecule has 3 rings (SSSR count). The summed E-state index contributed by atoms with van der Waals surface area (Å²) in [6.45, 7) is 0. The van der Waals surface area contributed by atoms with E-state index in [0.29, 0.717) is 10.8 Å². The van der Waals surface area contributed by atoms with Gasteiger partial charge in [-0.1, -0.05) is 11.6 Å². The smallest absolute Gasteiger partial charge is 0.172 e. The largest absolute Gasteiger partial charge is 0.251 e. The molecule has 1 aromatic carbocycles. The molecule has 0 atom stereocenters. The number of fused-ring (bicyclic) bond motifs is 1. The van der Waals surface area contributed by atoms with Crippen molar-refractivity contribution in [2.75, 3.05) is 0 Å². The van der Waals surface area contributed by atoms with Crippen molar-refractivity contribution in [3.63, 3.8) is 0 Å². The molecular formula is C11H7ClN4. The third-order valence-corrected chi connectivity index (χ3v) is 2.47. The highest BCUT2D eigenvalue weighted by molar-refractivity contribution is 6.31. The van der Waals surface area contributed by atoms with Gasteiger partial charge in [-0.25, -0.2) is 9.67 Å². The number of hydrogen-bond donors (Lipinski definition) is 0. The Morgan fingerprint density at radius 2 is 2.12 bits per heavy atom. The molecule has 0 unspecified atom stereocenters. The summed E-state index contributed by atoms with van der Waals surface area (Å²) in [7, 11) is 0. The van der Waals surface area contributed by atoms with Crippen LogP contribution in [-0.2, 0) is 0 Å². The topological polar surface area (TPSA) is 43.6 Å². The van der Waals surface area contributed by atoms with Gasteiger partial charge in [-0.05, 0) is 24.3 Å². The molecule has 0 fully saturated rings. The van der Waals surface area contributed by atoms with E-state index in [0.717, 1.165) is 11.0 Å². The molecule has 0 spiro atoms. The molecule has 2 aromatic heterocycles. The van der Waals surface area contributed by atoms with Gasteiger partial charge in [0, 0.05) is 17.4 Å². The Bertz CT molecular complexity index is 634. The van der Waals surface area contributed by atoms with Crippen LogP contribution in [0.1, 0.15) is 0 Å². The van der Waals surface area contributed by atoms with Crippen molar-refractivity contribution in [3.8, 4) is 5.82 Å². The van der Waals surface area contributed by atoms with Crippen LogP contribution >= 0.6 is 11.6 Å². The summed E-state index contributed by atoms with van der Waals surface area (Å²) < 4.78 is 1.67. The first-order valence-corrected chi connectivity index (χ1v) is 5.13. The Morgan fingerprint density at radius 1 is 1.19 bits per heavy atom. The third kappa shape index (κ3) is 1.53. The Morgan fingerprint density at radius 3 is 2.94 bits per heavy atom. The summed E-state index contributed by atoms with van der Waals surface area (Å²) in [5.74, 6) is 0.694. The second kappa shape index (κ2) is 3.57. The molecule has 0 saturated heterocycles. The van der Waals surface area contributed by atoms with Gasteiger partial charge < -0.3 is 0 Å². The zero-order valence-electron chi connectivity index (χ0n) is 8.21. The van der Waals surface area contributed by atoms with E-state index in [9.17, 15) is 0 Å². The van der Waals surface area contributed by atoms with Crippen LogP contribution in [0, 0.1) is 0 Å². The van der Waals surface area contributed by atoms with Gasteiger partial charge in [0.1, 0.15) is 0 Å². The van der Waals surface area contributed by atoms with E-state index in [1.54, 1.807) is 29.2 Å². The van der Waals surface area contributed by atoms with Crippen molar-refractivity contribution < 1.29 is 0 Å². The molecular weight excluding hydrogens is 224 g/mol. The number of nitrogens with zero attached hydrogens (tertiary/aromatic N) is 4. The van der Waals surface area contributed by atoms with E-state index < -0.39 is 0 Å². The average molecular weight is 231 g/mol. The fourth-order valence-corrected chi connectivity index (χ4v) is 1.66. The van der Waals surface area contributed by atoms with Crippen LogP contribution in [-0.4, -0.2) is 19.7 Å². The van der Waals surface area contributed by atoms with E-state index in [1.807, 2.05) is 18.3 Å². The quantitative estimate of drug-likeness (QED) is 0.645. The predicted molar refractivity (Wildman–Crippen MR) is 61.7 cm³/mol. The molecule has 0 aliphatic carbocycles. The van der Waals surface area contributed by atoms with E-state index in [2.05, 4.69) is 15.1 Å². The average Bonchev–Trinajstić information content (AvgIpc) is 2.82. The summed E-state index contributed by atoms with van der Waals surface area (Å²) >= 11 is 5.87. The second-order valence-corrected chi connectivity index (χ2v) is 3.75. The molecule has 0 saturated carbocycles. The molecule has 0 radical (unpaired) electrons. The lowest BCUT2D eigenvalue weighted by atomic mass is 10.3. The Kier molecular flexibility index (Phi) is 2.08. The number of hydrogen-bond acceptors (Lipinski definition) is 3. The first-order valence-electron chi connectivity index (χ1n) is 4.75. The van der Waals surface area contributed by atoms with Gasteiger partial charge in [0.15, 0.2) is 5.82 Å². The van der Waals surface area contributed by atoms with Crippen LogP contribution in [0.25, 0.3) is 16.9 Å². The van der Waals surface area contributed by atoms with Crippen LogP contribution in [0.4, 0.5) is 0 Å². The van der Waals surface area contributed by atoms with Crippen LogP contribution in [0.5, 0.6) is 0 Å². The fourth-order valence-electron chi connectivity index (χ4n) is 1.49. The lowest BCUT2D eigenvalue weighted by molar-refractivity contribution is 0.846. The molecule has 0 aliphatic rings. The highest BCUT2D eigenvalue weighted by atomic mass is 35.5. The van der Waals surface area contributed by atoms with Crippen LogP contribution in [0.3, 0.4) is 0 Å². The van der Waals surface area contributed by atoms with E-state index in [4.69, 9.17) is 11.6 Å². The van der Waals surface area contributed by atoms with Crippen molar-refractivity contribution in [2.45, 2.75) is 0 Å². The maximum Gasteiger partial charge on any atom is 0.172 e. The monoisotopic (exact) mass is 230 g/mol. The van der Waals surface area contributed by atoms with E-state index in [-0.39, 0.29) is 0 Å². The normalized spacial score (nSPS) is 10.8. The first kappa shape index (κ1) is 9.30. The molecule has 78 valence electrons. The Hall–Kier alpha value is -1.94. The van der Waals surface area contributed by atoms with Crippen molar-refractivity contribution in [1.29, 1.82) is 0 Å². The Balaban J connectivity index is 2.20. The van der Waals surface area contributed by atoms with Crippen LogP contribution in [0.15, 0.2) is 42.9 Å². The Labute approximate surface area is 96.5 Å². The molecule has 0 bridgehead atoms. The minimum atomic E-state index is 0.661. The predicted octanol–water partition coefficient (Wildman–Crippen LogP) is 2.47. The summed E-state index contributed by atoms with van der Waals surface area (Å²) in [5.41, 5.74) is 1.58. The zero-order chi connectivity index (χ0) is 11.0. The minimum Gasteiger partial charge on any atom is -0.251 e. The first-order chi connectivity index (χ1) is 7.83. The number of aromatic nitrogens is 4. The lowest BCUT2D eigenvalue weighted by Crippen LogP contribution is -1.99. The molecule has 4 nitrogen and oxygen atoms in total. The van der Waals surface area contributed by atoms with Crippen molar-refractivity contribution in [3.05, 3.63) is 47.9 Å². The van der Waals surface area contributed by atoms with Gasteiger partial charge in [0.25, 0.3) is 0 Å². The van der Waals surface area contributed by atoms with Gasteiger partial charge in [-0.3, -0.25) is 4.98 Å². The van der Waals surface area contributed by atoms with E-state index >= 15 is 0 Å². The SMILES string of the molecule is Clc1ccc2nc(-n3cccn3)cnc2c1. The molecule has 0 amide bonds. The summed E-state index contributed by atoms with van der Waals surface area (Å²) in [6, 6.07) is 7.27. The minimum absolute atomic E-state index is 0.661. The van der Waals surface area contributed by atoms with Gasteiger partial charge in [-0.15, -0.1) is 0 Å². The number of halogens is 1. The summed E-state index contributed by atoms with van der Waals surface area (Å²) in [4.78, 5) is 8.73. The van der Waals surface area contributed by atoms with Crippen LogP contribution in [0.2, 0.25) is 5.02 Å². The molecule has 0 aliphatic heterocycles. The van der Waals surface area contributed by atoms with Gasteiger partial charge >= 0.3 is 0 Å².